The van der Waals surface area contributed by atoms with Crippen molar-refractivity contribution < 1.29 is 9.47 Å². The molecule has 0 fully saturated rings. The summed E-state index contributed by atoms with van der Waals surface area (Å²) in [5, 5.41) is 5.91. The lowest BCUT2D eigenvalue weighted by atomic mass is 10.2. The molecular weight excluding hydrogens is 390 g/mol. The number of aliphatic imine (C=N–C) groups is 2. The van der Waals surface area contributed by atoms with Crippen molar-refractivity contribution in [3.05, 3.63) is 90.0 Å². The van der Waals surface area contributed by atoms with Gasteiger partial charge in [-0.25, -0.2) is 0 Å². The van der Waals surface area contributed by atoms with Gasteiger partial charge in [0.15, 0.2) is 11.5 Å². The summed E-state index contributed by atoms with van der Waals surface area (Å²) < 4.78 is 12.1. The van der Waals surface area contributed by atoms with Crippen molar-refractivity contribution in [3.8, 4) is 11.5 Å². The first kappa shape index (κ1) is 21.7. The fourth-order valence-electron chi connectivity index (χ4n) is 2.80. The Kier molecular flexibility index (Phi) is 7.88. The first-order valence-electron chi connectivity index (χ1n) is 9.91. The van der Waals surface area contributed by atoms with Crippen molar-refractivity contribution in [3.63, 3.8) is 0 Å². The van der Waals surface area contributed by atoms with E-state index >= 15 is 0 Å². The molecule has 3 rings (SSSR count). The standard InChI is InChI=1S/C24H27N5O2/c1-26-24(27-2)29-23(25)28-20-13-14-21(30-16-18-9-5-3-6-10-18)22(15-20)31-17-19-11-7-4-8-12-19/h3-15H,16-17H2,1-2H3,(H4,25,26,27,28,29). The number of hydrogen-bond donors (Lipinski definition) is 3. The Labute approximate surface area is 182 Å². The maximum atomic E-state index is 6.08. The highest BCUT2D eigenvalue weighted by atomic mass is 16.5. The van der Waals surface area contributed by atoms with E-state index in [9.17, 15) is 0 Å². The van der Waals surface area contributed by atoms with E-state index in [1.165, 1.54) is 0 Å². The summed E-state index contributed by atoms with van der Waals surface area (Å²) in [7, 11) is 3.37. The zero-order valence-corrected chi connectivity index (χ0v) is 17.7. The molecule has 0 atom stereocenters. The van der Waals surface area contributed by atoms with Gasteiger partial charge in [0.1, 0.15) is 13.2 Å². The molecule has 7 heteroatoms. The van der Waals surface area contributed by atoms with Gasteiger partial charge < -0.3 is 25.8 Å². The number of benzene rings is 3. The van der Waals surface area contributed by atoms with Crippen LogP contribution in [-0.2, 0) is 13.2 Å². The minimum absolute atomic E-state index is 0.210. The topological polar surface area (TPSA) is 93.3 Å². The molecule has 4 N–H and O–H groups in total. The van der Waals surface area contributed by atoms with Gasteiger partial charge in [-0.3, -0.25) is 4.99 Å². The van der Waals surface area contributed by atoms with E-state index in [0.717, 1.165) is 16.8 Å². The number of guanidine groups is 2. The van der Waals surface area contributed by atoms with Crippen LogP contribution in [-0.4, -0.2) is 26.0 Å². The van der Waals surface area contributed by atoms with Gasteiger partial charge in [0.05, 0.1) is 0 Å². The molecule has 0 spiro atoms. The summed E-state index contributed by atoms with van der Waals surface area (Å²) in [4.78, 5) is 8.17. The Morgan fingerprint density at radius 3 is 1.97 bits per heavy atom. The predicted molar refractivity (Wildman–Crippen MR) is 126 cm³/mol. The van der Waals surface area contributed by atoms with Crippen molar-refractivity contribution >= 4 is 17.6 Å². The van der Waals surface area contributed by atoms with Crippen molar-refractivity contribution in [2.45, 2.75) is 13.2 Å². The Hall–Kier alpha value is -4.00. The molecule has 0 aliphatic carbocycles. The molecule has 3 aromatic rings. The number of rotatable bonds is 7. The van der Waals surface area contributed by atoms with Crippen LogP contribution in [0.2, 0.25) is 0 Å². The molecular formula is C24H27N5O2. The molecule has 31 heavy (non-hydrogen) atoms. The van der Waals surface area contributed by atoms with E-state index < -0.39 is 0 Å². The summed E-state index contributed by atoms with van der Waals surface area (Å²) in [5.74, 6) is 1.89. The zero-order valence-electron chi connectivity index (χ0n) is 17.7. The lowest BCUT2D eigenvalue weighted by molar-refractivity contribution is 0.256. The van der Waals surface area contributed by atoms with Crippen molar-refractivity contribution in [2.24, 2.45) is 15.7 Å². The highest BCUT2D eigenvalue weighted by molar-refractivity contribution is 6.01. The average molecular weight is 418 g/mol. The minimum atomic E-state index is 0.210. The molecule has 0 heterocycles. The van der Waals surface area contributed by atoms with E-state index in [1.54, 1.807) is 14.1 Å². The third-order valence-electron chi connectivity index (χ3n) is 4.35. The van der Waals surface area contributed by atoms with E-state index in [0.29, 0.717) is 30.7 Å². The maximum Gasteiger partial charge on any atom is 0.220 e. The first-order valence-corrected chi connectivity index (χ1v) is 9.91. The van der Waals surface area contributed by atoms with E-state index in [4.69, 9.17) is 15.2 Å². The molecule has 0 bridgehead atoms. The largest absolute Gasteiger partial charge is 0.485 e. The number of nitrogens with zero attached hydrogens (tertiary/aromatic N) is 2. The van der Waals surface area contributed by atoms with Crippen LogP contribution < -0.4 is 25.8 Å². The SMILES string of the molecule is CN=C(N=C(N)Nc1ccc(OCc2ccccc2)c(OCc2ccccc2)c1)NC. The van der Waals surface area contributed by atoms with Crippen LogP contribution in [0.15, 0.2) is 88.8 Å². The number of nitrogens with two attached hydrogens (primary N) is 1. The van der Waals surface area contributed by atoms with E-state index in [1.807, 2.05) is 78.9 Å². The highest BCUT2D eigenvalue weighted by Crippen LogP contribution is 2.32. The smallest absolute Gasteiger partial charge is 0.220 e. The number of nitrogens with one attached hydrogen (secondary N) is 2. The maximum absolute atomic E-state index is 6.08. The summed E-state index contributed by atoms with van der Waals surface area (Å²) in [5.41, 5.74) is 8.86. The Bertz CT molecular complexity index is 1020. The molecule has 3 aromatic carbocycles. The van der Waals surface area contributed by atoms with Crippen LogP contribution in [0.5, 0.6) is 11.5 Å². The molecule has 0 aliphatic heterocycles. The third-order valence-corrected chi connectivity index (χ3v) is 4.35. The molecule has 0 radical (unpaired) electrons. The van der Waals surface area contributed by atoms with Crippen molar-refractivity contribution in [1.29, 1.82) is 0 Å². The summed E-state index contributed by atoms with van der Waals surface area (Å²) in [6.07, 6.45) is 0. The summed E-state index contributed by atoms with van der Waals surface area (Å²) >= 11 is 0. The molecule has 0 aliphatic rings. The summed E-state index contributed by atoms with van der Waals surface area (Å²) in [6, 6.07) is 25.5. The normalized spacial score (nSPS) is 11.7. The predicted octanol–water partition coefficient (Wildman–Crippen LogP) is 3.78. The fraction of sp³-hybridized carbons (Fsp3) is 0.167. The van der Waals surface area contributed by atoms with Gasteiger partial charge in [-0.15, -0.1) is 0 Å². The number of anilines is 1. The second-order valence-electron chi connectivity index (χ2n) is 6.63. The third kappa shape index (κ3) is 6.78. The fourth-order valence-corrected chi connectivity index (χ4v) is 2.80. The van der Waals surface area contributed by atoms with Gasteiger partial charge in [0.25, 0.3) is 0 Å². The molecule has 0 saturated carbocycles. The Morgan fingerprint density at radius 2 is 1.42 bits per heavy atom. The Balaban J connectivity index is 1.78. The van der Waals surface area contributed by atoms with Gasteiger partial charge in [-0.05, 0) is 23.3 Å². The van der Waals surface area contributed by atoms with Crippen LogP contribution in [0.25, 0.3) is 0 Å². The van der Waals surface area contributed by atoms with Crippen molar-refractivity contribution in [2.75, 3.05) is 19.4 Å². The molecule has 7 nitrogen and oxygen atoms in total. The lowest BCUT2D eigenvalue weighted by Gasteiger charge is -2.15. The van der Waals surface area contributed by atoms with Crippen LogP contribution in [0.4, 0.5) is 5.69 Å². The molecule has 0 saturated heterocycles. The number of hydrogen-bond acceptors (Lipinski definition) is 3. The second-order valence-corrected chi connectivity index (χ2v) is 6.63. The lowest BCUT2D eigenvalue weighted by Crippen LogP contribution is -2.27. The van der Waals surface area contributed by atoms with Crippen LogP contribution >= 0.6 is 0 Å². The van der Waals surface area contributed by atoms with Crippen LogP contribution in [0.1, 0.15) is 11.1 Å². The van der Waals surface area contributed by atoms with Crippen LogP contribution in [0, 0.1) is 0 Å². The minimum Gasteiger partial charge on any atom is -0.485 e. The molecule has 0 unspecified atom stereocenters. The Morgan fingerprint density at radius 1 is 0.839 bits per heavy atom. The molecule has 0 amide bonds. The average Bonchev–Trinajstić information content (AvgIpc) is 2.82. The number of ether oxygens (including phenoxy) is 2. The highest BCUT2D eigenvalue weighted by Gasteiger charge is 2.09. The second kappa shape index (κ2) is 11.3. The molecule has 0 aromatic heterocycles. The summed E-state index contributed by atoms with van der Waals surface area (Å²) in [6.45, 7) is 0.860. The van der Waals surface area contributed by atoms with Crippen molar-refractivity contribution in [1.82, 2.24) is 5.32 Å². The monoisotopic (exact) mass is 417 g/mol. The van der Waals surface area contributed by atoms with Gasteiger partial charge in [-0.2, -0.15) is 4.99 Å². The van der Waals surface area contributed by atoms with E-state index in [-0.39, 0.29) is 5.96 Å². The zero-order chi connectivity index (χ0) is 21.9. The van der Waals surface area contributed by atoms with Crippen LogP contribution in [0.3, 0.4) is 0 Å². The first-order chi connectivity index (χ1) is 15.2. The van der Waals surface area contributed by atoms with E-state index in [2.05, 4.69) is 20.6 Å². The van der Waals surface area contributed by atoms with Gasteiger partial charge in [0.2, 0.25) is 11.9 Å². The molecule has 160 valence electrons. The quantitative estimate of drug-likeness (QED) is 0.402. The van der Waals surface area contributed by atoms with Gasteiger partial charge in [-0.1, -0.05) is 60.7 Å². The van der Waals surface area contributed by atoms with Gasteiger partial charge in [0, 0.05) is 25.8 Å². The van der Waals surface area contributed by atoms with Gasteiger partial charge >= 0.3 is 0 Å².